The highest BCUT2D eigenvalue weighted by molar-refractivity contribution is 5.96. The number of likely N-dealkylation sites (tertiary alicyclic amines) is 2. The molecule has 1 aromatic carbocycles. The molecule has 7 nitrogen and oxygen atoms in total. The largest absolute Gasteiger partial charge is 0.493 e. The van der Waals surface area contributed by atoms with E-state index in [1.54, 1.807) is 4.90 Å². The van der Waals surface area contributed by atoms with Gasteiger partial charge in [0.25, 0.3) is 5.91 Å². The van der Waals surface area contributed by atoms with Gasteiger partial charge in [-0.15, -0.1) is 0 Å². The molecule has 3 heterocycles. The van der Waals surface area contributed by atoms with Gasteiger partial charge in [-0.2, -0.15) is 18.4 Å². The summed E-state index contributed by atoms with van der Waals surface area (Å²) in [6.07, 6.45) is 6.40. The summed E-state index contributed by atoms with van der Waals surface area (Å²) in [4.78, 5) is 34.7. The van der Waals surface area contributed by atoms with Gasteiger partial charge in [0.15, 0.2) is 0 Å². The Morgan fingerprint density at radius 1 is 1.09 bits per heavy atom. The van der Waals surface area contributed by atoms with Crippen LogP contribution in [0.15, 0.2) is 42.7 Å². The average molecular weight is 639 g/mol. The van der Waals surface area contributed by atoms with Crippen molar-refractivity contribution in [1.29, 1.82) is 5.26 Å². The molecule has 2 atom stereocenters. The molecule has 5 rings (SSSR count). The van der Waals surface area contributed by atoms with Gasteiger partial charge in [0.1, 0.15) is 5.75 Å². The van der Waals surface area contributed by atoms with Crippen molar-refractivity contribution in [2.45, 2.75) is 102 Å². The minimum absolute atomic E-state index is 0.0984. The molecular formula is C36H45F3N4O3. The van der Waals surface area contributed by atoms with Gasteiger partial charge < -0.3 is 14.5 Å². The van der Waals surface area contributed by atoms with E-state index >= 15 is 0 Å². The first-order valence-electron chi connectivity index (χ1n) is 16.8. The first kappa shape index (κ1) is 33.7. The lowest BCUT2D eigenvalue weighted by Crippen LogP contribution is -2.55. The zero-order valence-corrected chi connectivity index (χ0v) is 27.0. The number of halogens is 3. The Kier molecular flexibility index (Phi) is 10.3. The lowest BCUT2D eigenvalue weighted by Gasteiger charge is -2.44. The number of piperidine rings is 2. The van der Waals surface area contributed by atoms with Crippen LogP contribution in [0.3, 0.4) is 0 Å². The normalized spacial score (nSPS) is 22.4. The van der Waals surface area contributed by atoms with Crippen LogP contribution in [0, 0.1) is 22.7 Å². The molecule has 2 unspecified atom stereocenters. The van der Waals surface area contributed by atoms with Gasteiger partial charge in [-0.25, -0.2) is 0 Å². The Balaban J connectivity index is 1.27. The van der Waals surface area contributed by atoms with E-state index in [0.29, 0.717) is 63.6 Å². The fraction of sp³-hybridized carbons (Fsp3) is 0.611. The van der Waals surface area contributed by atoms with Gasteiger partial charge in [-0.3, -0.25) is 14.6 Å². The molecule has 248 valence electrons. The predicted octanol–water partition coefficient (Wildman–Crippen LogP) is 7.55. The molecule has 0 radical (unpaired) electrons. The molecule has 1 aromatic heterocycles. The van der Waals surface area contributed by atoms with Crippen LogP contribution in [0.1, 0.15) is 106 Å². The van der Waals surface area contributed by atoms with Crippen LogP contribution in [0.2, 0.25) is 0 Å². The number of rotatable bonds is 10. The summed E-state index contributed by atoms with van der Waals surface area (Å²) in [6, 6.07) is 10.6. The first-order chi connectivity index (χ1) is 22.0. The molecule has 3 aliphatic rings. The summed E-state index contributed by atoms with van der Waals surface area (Å²) in [5.41, 5.74) is -1.01. The van der Waals surface area contributed by atoms with Gasteiger partial charge in [-0.1, -0.05) is 44.9 Å². The van der Waals surface area contributed by atoms with Gasteiger partial charge in [0, 0.05) is 43.6 Å². The maximum atomic E-state index is 14.0. The maximum Gasteiger partial charge on any atom is 0.417 e. The van der Waals surface area contributed by atoms with Crippen molar-refractivity contribution < 1.29 is 27.5 Å². The molecule has 2 saturated heterocycles. The third-order valence-corrected chi connectivity index (χ3v) is 10.6. The summed E-state index contributed by atoms with van der Waals surface area (Å²) in [7, 11) is 0. The molecule has 10 heteroatoms. The van der Waals surface area contributed by atoms with Crippen LogP contribution >= 0.6 is 0 Å². The SMILES string of the molecule is CCCC1C(C(=O)N2CCC(C#N)(c3ccccc3OCCCC3(C)CCC3)CC2)CCCN1C(=O)c1cnccc1C(F)(F)F. The predicted molar refractivity (Wildman–Crippen MR) is 168 cm³/mol. The topological polar surface area (TPSA) is 86.5 Å². The molecule has 2 aromatic rings. The van der Waals surface area contributed by atoms with Crippen molar-refractivity contribution in [3.8, 4) is 11.8 Å². The zero-order chi connectivity index (χ0) is 33.0. The third kappa shape index (κ3) is 7.03. The van der Waals surface area contributed by atoms with Gasteiger partial charge in [0.2, 0.25) is 5.91 Å². The highest BCUT2D eigenvalue weighted by Crippen LogP contribution is 2.45. The summed E-state index contributed by atoms with van der Waals surface area (Å²) in [5, 5.41) is 10.5. The summed E-state index contributed by atoms with van der Waals surface area (Å²) in [6.45, 7) is 5.92. The summed E-state index contributed by atoms with van der Waals surface area (Å²) < 4.78 is 47.5. The molecule has 2 aliphatic heterocycles. The number of carbonyl (C=O) groups excluding carboxylic acids is 2. The molecule has 3 fully saturated rings. The number of ether oxygens (including phenoxy) is 1. The van der Waals surface area contributed by atoms with E-state index in [4.69, 9.17) is 4.74 Å². The number of alkyl halides is 3. The average Bonchev–Trinajstić information content (AvgIpc) is 3.05. The zero-order valence-electron chi connectivity index (χ0n) is 27.0. The minimum atomic E-state index is -4.70. The number of pyridine rings is 1. The van der Waals surface area contributed by atoms with E-state index in [1.807, 2.05) is 31.2 Å². The van der Waals surface area contributed by atoms with E-state index in [2.05, 4.69) is 18.0 Å². The second kappa shape index (κ2) is 14.0. The van der Waals surface area contributed by atoms with Crippen LogP contribution in [0.5, 0.6) is 5.75 Å². The van der Waals surface area contributed by atoms with Crippen LogP contribution in [0.25, 0.3) is 0 Å². The van der Waals surface area contributed by atoms with Crippen molar-refractivity contribution in [2.75, 3.05) is 26.2 Å². The Morgan fingerprint density at radius 3 is 2.48 bits per heavy atom. The molecule has 0 N–H and O–H groups in total. The number of para-hydroxylation sites is 1. The highest BCUT2D eigenvalue weighted by atomic mass is 19.4. The monoisotopic (exact) mass is 638 g/mol. The van der Waals surface area contributed by atoms with Crippen molar-refractivity contribution in [2.24, 2.45) is 11.3 Å². The lowest BCUT2D eigenvalue weighted by atomic mass is 9.68. The van der Waals surface area contributed by atoms with Gasteiger partial charge >= 0.3 is 6.18 Å². The van der Waals surface area contributed by atoms with Crippen LogP contribution in [-0.2, 0) is 16.4 Å². The molecular weight excluding hydrogens is 593 g/mol. The molecule has 0 bridgehead atoms. The Labute approximate surface area is 270 Å². The van der Waals surface area contributed by atoms with E-state index in [1.165, 1.54) is 24.2 Å². The first-order valence-corrected chi connectivity index (χ1v) is 16.8. The second-order valence-corrected chi connectivity index (χ2v) is 13.7. The van der Waals surface area contributed by atoms with Crippen molar-refractivity contribution in [1.82, 2.24) is 14.8 Å². The number of benzene rings is 1. The number of nitriles is 1. The highest BCUT2D eigenvalue weighted by Gasteiger charge is 2.45. The number of hydrogen-bond acceptors (Lipinski definition) is 5. The third-order valence-electron chi connectivity index (χ3n) is 10.6. The fourth-order valence-corrected chi connectivity index (χ4v) is 7.70. The summed E-state index contributed by atoms with van der Waals surface area (Å²) >= 11 is 0. The van der Waals surface area contributed by atoms with E-state index < -0.39 is 40.6 Å². The molecule has 0 spiro atoms. The van der Waals surface area contributed by atoms with Crippen molar-refractivity contribution >= 4 is 11.8 Å². The van der Waals surface area contributed by atoms with E-state index in [9.17, 15) is 28.0 Å². The van der Waals surface area contributed by atoms with E-state index in [-0.39, 0.29) is 12.5 Å². The maximum absolute atomic E-state index is 14.0. The van der Waals surface area contributed by atoms with Gasteiger partial charge in [-0.05, 0) is 75.3 Å². The second-order valence-electron chi connectivity index (χ2n) is 13.7. The molecule has 1 aliphatic carbocycles. The van der Waals surface area contributed by atoms with Gasteiger partial charge in [0.05, 0.1) is 35.1 Å². The number of carbonyl (C=O) groups is 2. The fourth-order valence-electron chi connectivity index (χ4n) is 7.70. The van der Waals surface area contributed by atoms with E-state index in [0.717, 1.165) is 42.6 Å². The molecule has 1 saturated carbocycles. The molecule has 46 heavy (non-hydrogen) atoms. The standard InChI is InChI=1S/C36H45F3N4O3/c1-3-9-30-26(10-6-20-43(30)33(45)27-24-41-19-13-28(27)36(37,38)39)32(44)42-21-17-35(25-40,18-22-42)29-11-4-5-12-31(29)46-23-8-16-34(2)14-7-15-34/h4-5,11-13,19,24,26,30H,3,6-10,14-18,20-23H2,1-2H3. The van der Waals surface area contributed by atoms with Crippen LogP contribution in [-0.4, -0.2) is 58.9 Å². The number of nitrogens with zero attached hydrogens (tertiary/aromatic N) is 4. The smallest absolute Gasteiger partial charge is 0.417 e. The van der Waals surface area contributed by atoms with Crippen LogP contribution in [0.4, 0.5) is 13.2 Å². The van der Waals surface area contributed by atoms with Crippen LogP contribution < -0.4 is 4.74 Å². The Hall–Kier alpha value is -3.61. The van der Waals surface area contributed by atoms with Crippen molar-refractivity contribution in [3.63, 3.8) is 0 Å². The molecule has 2 amide bonds. The number of hydrogen-bond donors (Lipinski definition) is 0. The Morgan fingerprint density at radius 2 is 1.83 bits per heavy atom. The Bertz CT molecular complexity index is 1430. The lowest BCUT2D eigenvalue weighted by molar-refractivity contribution is -0.141. The quantitative estimate of drug-likeness (QED) is 0.251. The summed E-state index contributed by atoms with van der Waals surface area (Å²) in [5.74, 6) is -0.636. The minimum Gasteiger partial charge on any atom is -0.493 e. The number of amides is 2. The number of aromatic nitrogens is 1. The van der Waals surface area contributed by atoms with Crippen molar-refractivity contribution in [3.05, 3.63) is 59.4 Å².